The Balaban J connectivity index is 2.01. The van der Waals surface area contributed by atoms with E-state index in [0.717, 1.165) is 25.9 Å². The van der Waals surface area contributed by atoms with E-state index in [4.69, 9.17) is 0 Å². The van der Waals surface area contributed by atoms with Crippen molar-refractivity contribution < 1.29 is 9.72 Å². The number of H-pyrrole nitrogens is 1. The zero-order valence-corrected chi connectivity index (χ0v) is 11.6. The van der Waals surface area contributed by atoms with Crippen LogP contribution in [0.25, 0.3) is 0 Å². The van der Waals surface area contributed by atoms with Crippen molar-refractivity contribution in [1.82, 2.24) is 15.2 Å². The number of aromatic nitrogens is 1. The fraction of sp³-hybridized carbons (Fsp3) is 0.615. The van der Waals surface area contributed by atoms with Crippen LogP contribution in [0, 0.1) is 16.0 Å². The van der Waals surface area contributed by atoms with Crippen LogP contribution in [0.1, 0.15) is 30.3 Å². The lowest BCUT2D eigenvalue weighted by Gasteiger charge is -2.29. The summed E-state index contributed by atoms with van der Waals surface area (Å²) in [4.78, 5) is 26.9. The maximum Gasteiger partial charge on any atom is 0.287 e. The third-order valence-corrected chi connectivity index (χ3v) is 3.66. The molecule has 0 spiro atoms. The Labute approximate surface area is 117 Å². The molecule has 2 rings (SSSR count). The number of piperidine rings is 1. The van der Waals surface area contributed by atoms with Gasteiger partial charge in [-0.3, -0.25) is 14.9 Å². The largest absolute Gasteiger partial charge is 0.351 e. The van der Waals surface area contributed by atoms with Crippen LogP contribution in [0.4, 0.5) is 5.69 Å². The molecule has 2 heterocycles. The van der Waals surface area contributed by atoms with E-state index < -0.39 is 4.92 Å². The minimum atomic E-state index is -0.505. The summed E-state index contributed by atoms with van der Waals surface area (Å²) >= 11 is 0. The van der Waals surface area contributed by atoms with Crippen molar-refractivity contribution >= 4 is 11.6 Å². The Morgan fingerprint density at radius 3 is 2.95 bits per heavy atom. The van der Waals surface area contributed by atoms with Gasteiger partial charge in [-0.05, 0) is 38.8 Å². The molecule has 2 N–H and O–H groups in total. The molecule has 0 saturated carbocycles. The van der Waals surface area contributed by atoms with Gasteiger partial charge in [-0.25, -0.2) is 0 Å². The molecule has 1 aromatic heterocycles. The van der Waals surface area contributed by atoms with Gasteiger partial charge >= 0.3 is 0 Å². The molecule has 0 aliphatic carbocycles. The number of amides is 1. The first-order chi connectivity index (χ1) is 9.61. The molecule has 1 aliphatic rings. The molecular weight excluding hydrogens is 260 g/mol. The molecule has 7 nitrogen and oxygen atoms in total. The summed E-state index contributed by atoms with van der Waals surface area (Å²) in [5, 5.41) is 14.0. The van der Waals surface area contributed by atoms with E-state index >= 15 is 0 Å². The van der Waals surface area contributed by atoms with E-state index in [9.17, 15) is 14.9 Å². The van der Waals surface area contributed by atoms with E-state index in [1.807, 2.05) is 6.92 Å². The van der Waals surface area contributed by atoms with Gasteiger partial charge in [0.05, 0.1) is 11.1 Å². The van der Waals surface area contributed by atoms with Gasteiger partial charge in [-0.15, -0.1) is 0 Å². The zero-order chi connectivity index (χ0) is 14.5. The van der Waals surface area contributed by atoms with E-state index in [1.54, 1.807) is 4.90 Å². The van der Waals surface area contributed by atoms with Crippen LogP contribution in [-0.2, 0) is 0 Å². The van der Waals surface area contributed by atoms with Crippen molar-refractivity contribution in [2.24, 2.45) is 5.92 Å². The van der Waals surface area contributed by atoms with Crippen molar-refractivity contribution in [2.45, 2.75) is 19.8 Å². The summed E-state index contributed by atoms with van der Waals surface area (Å²) < 4.78 is 0. The Hall–Kier alpha value is -1.89. The highest BCUT2D eigenvalue weighted by atomic mass is 16.6. The van der Waals surface area contributed by atoms with Crippen LogP contribution in [0.2, 0.25) is 0 Å². The second kappa shape index (κ2) is 6.51. The molecule has 0 aromatic carbocycles. The minimum Gasteiger partial charge on any atom is -0.351 e. The number of hydrogen-bond acceptors (Lipinski definition) is 4. The molecule has 7 heteroatoms. The number of rotatable bonds is 5. The molecule has 1 fully saturated rings. The van der Waals surface area contributed by atoms with Gasteiger partial charge in [0, 0.05) is 19.2 Å². The molecule has 110 valence electrons. The quantitative estimate of drug-likeness (QED) is 0.629. The number of nitrogens with one attached hydrogen (secondary N) is 2. The lowest BCUT2D eigenvalue weighted by Crippen LogP contribution is -2.41. The Kier molecular flexibility index (Phi) is 4.73. The molecule has 0 bridgehead atoms. The van der Waals surface area contributed by atoms with Crippen LogP contribution in [-0.4, -0.2) is 46.9 Å². The lowest BCUT2D eigenvalue weighted by molar-refractivity contribution is -0.384. The Morgan fingerprint density at radius 2 is 2.40 bits per heavy atom. The van der Waals surface area contributed by atoms with Gasteiger partial charge in [0.2, 0.25) is 0 Å². The molecule has 1 aromatic rings. The Morgan fingerprint density at radius 1 is 1.60 bits per heavy atom. The molecular formula is C13H20N4O3. The summed E-state index contributed by atoms with van der Waals surface area (Å²) in [5.41, 5.74) is 0.200. The third kappa shape index (κ3) is 3.36. The van der Waals surface area contributed by atoms with E-state index in [1.165, 1.54) is 12.3 Å². The van der Waals surface area contributed by atoms with Crippen molar-refractivity contribution in [2.75, 3.05) is 26.2 Å². The van der Waals surface area contributed by atoms with E-state index in [0.29, 0.717) is 19.0 Å². The number of nitrogens with zero attached hydrogens (tertiary/aromatic N) is 2. The molecule has 1 atom stereocenters. The second-order valence-electron chi connectivity index (χ2n) is 5.08. The van der Waals surface area contributed by atoms with Gasteiger partial charge < -0.3 is 15.2 Å². The van der Waals surface area contributed by atoms with E-state index in [2.05, 4.69) is 10.3 Å². The first-order valence-corrected chi connectivity index (χ1v) is 6.94. The number of nitro groups is 1. The van der Waals surface area contributed by atoms with Crippen LogP contribution in [0.15, 0.2) is 12.3 Å². The average Bonchev–Trinajstić information content (AvgIpc) is 2.95. The summed E-state index contributed by atoms with van der Waals surface area (Å²) in [6.07, 6.45) is 3.50. The number of aromatic amines is 1. The minimum absolute atomic E-state index is 0.0799. The molecule has 1 amide bonds. The topological polar surface area (TPSA) is 91.3 Å². The van der Waals surface area contributed by atoms with Crippen molar-refractivity contribution in [3.63, 3.8) is 0 Å². The third-order valence-electron chi connectivity index (χ3n) is 3.66. The van der Waals surface area contributed by atoms with Crippen LogP contribution >= 0.6 is 0 Å². The number of carbonyl (C=O) groups excluding carboxylic acids is 1. The number of hydrogen-bond donors (Lipinski definition) is 2. The molecule has 20 heavy (non-hydrogen) atoms. The molecule has 1 saturated heterocycles. The predicted molar refractivity (Wildman–Crippen MR) is 74.6 cm³/mol. The summed E-state index contributed by atoms with van der Waals surface area (Å²) in [5.74, 6) is 0.281. The summed E-state index contributed by atoms with van der Waals surface area (Å²) in [7, 11) is 0. The first-order valence-electron chi connectivity index (χ1n) is 6.94. The van der Waals surface area contributed by atoms with Gasteiger partial charge in [0.15, 0.2) is 0 Å². The average molecular weight is 280 g/mol. The lowest BCUT2D eigenvalue weighted by atomic mass is 9.99. The van der Waals surface area contributed by atoms with Crippen molar-refractivity contribution in [1.29, 1.82) is 0 Å². The summed E-state index contributed by atoms with van der Waals surface area (Å²) in [6, 6.07) is 1.30. The zero-order valence-electron chi connectivity index (χ0n) is 11.6. The smallest absolute Gasteiger partial charge is 0.287 e. The maximum atomic E-state index is 12.3. The SMILES string of the molecule is CCN(CC1CCCNC1)C(=O)c1cc([N+](=O)[O-])c[nH]1. The maximum absolute atomic E-state index is 12.3. The fourth-order valence-electron chi connectivity index (χ4n) is 2.53. The highest BCUT2D eigenvalue weighted by Crippen LogP contribution is 2.16. The van der Waals surface area contributed by atoms with Crippen molar-refractivity contribution in [3.8, 4) is 0 Å². The van der Waals surface area contributed by atoms with Crippen LogP contribution in [0.5, 0.6) is 0 Å². The monoisotopic (exact) mass is 280 g/mol. The highest BCUT2D eigenvalue weighted by Gasteiger charge is 2.23. The Bertz CT molecular complexity index is 480. The second-order valence-corrected chi connectivity index (χ2v) is 5.08. The van der Waals surface area contributed by atoms with Crippen molar-refractivity contribution in [3.05, 3.63) is 28.1 Å². The fourth-order valence-corrected chi connectivity index (χ4v) is 2.53. The van der Waals surface area contributed by atoms with Crippen LogP contribution in [0.3, 0.4) is 0 Å². The molecule has 1 aliphatic heterocycles. The first kappa shape index (κ1) is 14.5. The summed E-state index contributed by atoms with van der Waals surface area (Å²) in [6.45, 7) is 5.18. The highest BCUT2D eigenvalue weighted by molar-refractivity contribution is 5.93. The van der Waals surface area contributed by atoms with Gasteiger partial charge in [-0.2, -0.15) is 0 Å². The molecule has 1 unspecified atom stereocenters. The normalized spacial score (nSPS) is 18.8. The van der Waals surface area contributed by atoms with Gasteiger partial charge in [-0.1, -0.05) is 0 Å². The van der Waals surface area contributed by atoms with Crippen LogP contribution < -0.4 is 5.32 Å². The van der Waals surface area contributed by atoms with E-state index in [-0.39, 0.29) is 17.3 Å². The van der Waals surface area contributed by atoms with Gasteiger partial charge in [0.25, 0.3) is 11.6 Å². The predicted octanol–water partition coefficient (Wildman–Crippen LogP) is 1.38. The number of carbonyl (C=O) groups is 1. The molecule has 0 radical (unpaired) electrons. The standard InChI is InChI=1S/C13H20N4O3/c1-2-16(9-10-4-3-5-14-7-10)13(18)12-6-11(8-15-12)17(19)20/h6,8,10,14-15H,2-5,7,9H2,1H3. The van der Waals surface area contributed by atoms with Gasteiger partial charge in [0.1, 0.15) is 5.69 Å².